The minimum Gasteiger partial charge on any atom is -0.465 e. The average Bonchev–Trinajstić information content (AvgIpc) is 2.40. The average molecular weight is 262 g/mol. The lowest BCUT2D eigenvalue weighted by Gasteiger charge is -2.06. The molecular formula is C15H12F2O2. The standard InChI is InChI=1S/C15H12F2O2/c1-9-3-4-10(8-14(9)17)11-5-12(15(18)19-2)7-13(16)6-11/h3-8H,1-2H3. The number of benzene rings is 2. The maximum atomic E-state index is 13.5. The topological polar surface area (TPSA) is 26.3 Å². The van der Waals surface area contributed by atoms with E-state index in [2.05, 4.69) is 4.74 Å². The maximum Gasteiger partial charge on any atom is 0.337 e. The molecule has 0 aliphatic heterocycles. The molecule has 0 radical (unpaired) electrons. The molecule has 2 nitrogen and oxygen atoms in total. The largest absolute Gasteiger partial charge is 0.465 e. The highest BCUT2D eigenvalue weighted by Gasteiger charge is 2.11. The third kappa shape index (κ3) is 2.78. The van der Waals surface area contributed by atoms with E-state index in [4.69, 9.17) is 0 Å². The highest BCUT2D eigenvalue weighted by atomic mass is 19.1. The molecule has 0 saturated carbocycles. The zero-order valence-corrected chi connectivity index (χ0v) is 10.5. The molecule has 0 aliphatic rings. The van der Waals surface area contributed by atoms with Gasteiger partial charge in [-0.15, -0.1) is 0 Å². The van der Waals surface area contributed by atoms with Crippen molar-refractivity contribution in [3.8, 4) is 11.1 Å². The van der Waals surface area contributed by atoms with Gasteiger partial charge in [0.1, 0.15) is 11.6 Å². The first-order valence-electron chi connectivity index (χ1n) is 5.66. The number of esters is 1. The van der Waals surface area contributed by atoms with Crippen LogP contribution in [0, 0.1) is 18.6 Å². The van der Waals surface area contributed by atoms with E-state index in [1.165, 1.54) is 25.3 Å². The van der Waals surface area contributed by atoms with E-state index in [1.807, 2.05) is 0 Å². The van der Waals surface area contributed by atoms with Crippen LogP contribution in [0.3, 0.4) is 0 Å². The highest BCUT2D eigenvalue weighted by molar-refractivity contribution is 5.91. The van der Waals surface area contributed by atoms with Crippen LogP contribution in [0.4, 0.5) is 8.78 Å². The molecule has 98 valence electrons. The summed E-state index contributed by atoms with van der Waals surface area (Å²) in [7, 11) is 1.22. The summed E-state index contributed by atoms with van der Waals surface area (Å²) in [5.41, 5.74) is 1.54. The van der Waals surface area contributed by atoms with Gasteiger partial charge in [-0.1, -0.05) is 12.1 Å². The molecule has 0 fully saturated rings. The minimum atomic E-state index is -0.631. The molecule has 0 N–H and O–H groups in total. The van der Waals surface area contributed by atoms with Crippen molar-refractivity contribution in [2.75, 3.05) is 7.11 Å². The summed E-state index contributed by atoms with van der Waals surface area (Å²) in [4.78, 5) is 11.4. The van der Waals surface area contributed by atoms with Gasteiger partial charge in [-0.25, -0.2) is 13.6 Å². The molecule has 0 saturated heterocycles. The Morgan fingerprint density at radius 2 is 1.79 bits per heavy atom. The van der Waals surface area contributed by atoms with Crippen molar-refractivity contribution in [3.05, 3.63) is 59.2 Å². The Morgan fingerprint density at radius 1 is 1.05 bits per heavy atom. The number of hydrogen-bond acceptors (Lipinski definition) is 2. The molecule has 2 aromatic rings. The summed E-state index contributed by atoms with van der Waals surface area (Å²) >= 11 is 0. The fourth-order valence-electron chi connectivity index (χ4n) is 1.76. The number of ether oxygens (including phenoxy) is 1. The zero-order chi connectivity index (χ0) is 14.0. The summed E-state index contributed by atoms with van der Waals surface area (Å²) in [6.07, 6.45) is 0. The van der Waals surface area contributed by atoms with Crippen LogP contribution in [0.5, 0.6) is 0 Å². The van der Waals surface area contributed by atoms with Crippen molar-refractivity contribution in [1.29, 1.82) is 0 Å². The molecule has 2 aromatic carbocycles. The molecule has 0 heterocycles. The van der Waals surface area contributed by atoms with Gasteiger partial charge in [-0.05, 0) is 47.9 Å². The highest BCUT2D eigenvalue weighted by Crippen LogP contribution is 2.24. The summed E-state index contributed by atoms with van der Waals surface area (Å²) in [6, 6.07) is 8.39. The lowest BCUT2D eigenvalue weighted by Crippen LogP contribution is -2.02. The van der Waals surface area contributed by atoms with E-state index in [0.717, 1.165) is 6.07 Å². The SMILES string of the molecule is COC(=O)c1cc(F)cc(-c2ccc(C)c(F)c2)c1. The van der Waals surface area contributed by atoms with Crippen LogP contribution in [0.25, 0.3) is 11.1 Å². The molecular weight excluding hydrogens is 250 g/mol. The van der Waals surface area contributed by atoms with E-state index in [0.29, 0.717) is 16.7 Å². The number of carbonyl (C=O) groups is 1. The van der Waals surface area contributed by atoms with Gasteiger partial charge in [0.05, 0.1) is 12.7 Å². The number of rotatable bonds is 2. The Hall–Kier alpha value is -2.23. The Morgan fingerprint density at radius 3 is 2.42 bits per heavy atom. The van der Waals surface area contributed by atoms with Crippen LogP contribution in [0.2, 0.25) is 0 Å². The van der Waals surface area contributed by atoms with Crippen LogP contribution < -0.4 is 0 Å². The Balaban J connectivity index is 2.52. The number of aryl methyl sites for hydroxylation is 1. The second-order valence-electron chi connectivity index (χ2n) is 4.18. The van der Waals surface area contributed by atoms with Crippen molar-refractivity contribution in [2.45, 2.75) is 6.92 Å². The molecule has 2 rings (SSSR count). The molecule has 0 atom stereocenters. The van der Waals surface area contributed by atoms with Crippen LogP contribution in [0.1, 0.15) is 15.9 Å². The van der Waals surface area contributed by atoms with Gasteiger partial charge in [0.15, 0.2) is 0 Å². The molecule has 0 aliphatic carbocycles. The van der Waals surface area contributed by atoms with E-state index in [1.54, 1.807) is 19.1 Å². The van der Waals surface area contributed by atoms with Gasteiger partial charge >= 0.3 is 5.97 Å². The molecule has 19 heavy (non-hydrogen) atoms. The fraction of sp³-hybridized carbons (Fsp3) is 0.133. The molecule has 0 amide bonds. The van der Waals surface area contributed by atoms with Crippen molar-refractivity contribution in [2.24, 2.45) is 0 Å². The van der Waals surface area contributed by atoms with Crippen molar-refractivity contribution in [1.82, 2.24) is 0 Å². The molecule has 4 heteroatoms. The van der Waals surface area contributed by atoms with Gasteiger partial charge in [0, 0.05) is 0 Å². The summed E-state index contributed by atoms with van der Waals surface area (Å²) in [6.45, 7) is 1.64. The van der Waals surface area contributed by atoms with Crippen molar-refractivity contribution < 1.29 is 18.3 Å². The third-order valence-corrected chi connectivity index (χ3v) is 2.82. The summed E-state index contributed by atoms with van der Waals surface area (Å²) < 4.78 is 31.5. The number of carbonyl (C=O) groups excluding carboxylic acids is 1. The first-order chi connectivity index (χ1) is 9.01. The summed E-state index contributed by atoms with van der Waals surface area (Å²) in [5.74, 6) is -1.58. The maximum absolute atomic E-state index is 13.5. The zero-order valence-electron chi connectivity index (χ0n) is 10.5. The smallest absolute Gasteiger partial charge is 0.337 e. The number of methoxy groups -OCH3 is 1. The second-order valence-corrected chi connectivity index (χ2v) is 4.18. The Bertz CT molecular complexity index is 636. The predicted octanol–water partition coefficient (Wildman–Crippen LogP) is 3.73. The van der Waals surface area contributed by atoms with Crippen LogP contribution >= 0.6 is 0 Å². The first-order valence-corrected chi connectivity index (χ1v) is 5.66. The van der Waals surface area contributed by atoms with Gasteiger partial charge in [-0.3, -0.25) is 0 Å². The molecule has 0 spiro atoms. The van der Waals surface area contributed by atoms with Crippen molar-refractivity contribution in [3.63, 3.8) is 0 Å². The lowest BCUT2D eigenvalue weighted by atomic mass is 10.0. The van der Waals surface area contributed by atoms with Crippen LogP contribution in [-0.2, 0) is 4.74 Å². The quantitative estimate of drug-likeness (QED) is 0.771. The second kappa shape index (κ2) is 5.18. The van der Waals surface area contributed by atoms with E-state index < -0.39 is 11.8 Å². The van der Waals surface area contributed by atoms with E-state index in [-0.39, 0.29) is 11.4 Å². The van der Waals surface area contributed by atoms with E-state index >= 15 is 0 Å². The lowest BCUT2D eigenvalue weighted by molar-refractivity contribution is 0.0600. The van der Waals surface area contributed by atoms with Gasteiger partial charge in [0.25, 0.3) is 0 Å². The van der Waals surface area contributed by atoms with Gasteiger partial charge in [0.2, 0.25) is 0 Å². The third-order valence-electron chi connectivity index (χ3n) is 2.82. The van der Waals surface area contributed by atoms with Gasteiger partial charge < -0.3 is 4.74 Å². The van der Waals surface area contributed by atoms with E-state index in [9.17, 15) is 13.6 Å². The first kappa shape index (κ1) is 13.2. The molecule has 0 bridgehead atoms. The number of halogens is 2. The monoisotopic (exact) mass is 262 g/mol. The van der Waals surface area contributed by atoms with Crippen LogP contribution in [0.15, 0.2) is 36.4 Å². The normalized spacial score (nSPS) is 10.3. The number of hydrogen-bond donors (Lipinski definition) is 0. The van der Waals surface area contributed by atoms with Gasteiger partial charge in [-0.2, -0.15) is 0 Å². The fourth-order valence-corrected chi connectivity index (χ4v) is 1.76. The van der Waals surface area contributed by atoms with Crippen molar-refractivity contribution >= 4 is 5.97 Å². The Kier molecular flexibility index (Phi) is 3.60. The minimum absolute atomic E-state index is 0.0958. The molecule has 0 unspecified atom stereocenters. The predicted molar refractivity (Wildman–Crippen MR) is 67.9 cm³/mol. The van der Waals surface area contributed by atoms with Crippen LogP contribution in [-0.4, -0.2) is 13.1 Å². The summed E-state index contributed by atoms with van der Waals surface area (Å²) in [5, 5.41) is 0. The Labute approximate surface area is 109 Å². The molecule has 0 aromatic heterocycles.